The molecule has 4 rings (SSSR count). The average Bonchev–Trinajstić information content (AvgIpc) is 3.60. The molecule has 3 aromatic rings. The molecule has 1 aromatic carbocycles. The molecule has 1 aliphatic rings. The summed E-state index contributed by atoms with van der Waals surface area (Å²) >= 11 is 0. The number of nitrogens with zero attached hydrogens (tertiary/aromatic N) is 7. The third-order valence-electron chi connectivity index (χ3n) is 5.87. The van der Waals surface area contributed by atoms with Crippen LogP contribution in [0.15, 0.2) is 36.7 Å². The van der Waals surface area contributed by atoms with Crippen molar-refractivity contribution in [3.63, 3.8) is 0 Å². The lowest BCUT2D eigenvalue weighted by molar-refractivity contribution is -0.159. The quantitative estimate of drug-likeness (QED) is 0.238. The van der Waals surface area contributed by atoms with Crippen molar-refractivity contribution in [3.05, 3.63) is 47.9 Å². The summed E-state index contributed by atoms with van der Waals surface area (Å²) in [5, 5.41) is 20.9. The van der Waals surface area contributed by atoms with E-state index in [1.54, 1.807) is 23.0 Å². The fourth-order valence-electron chi connectivity index (χ4n) is 4.05. The number of nitrogens with one attached hydrogen (secondary N) is 2. The summed E-state index contributed by atoms with van der Waals surface area (Å²) in [6.45, 7) is 1.33. The van der Waals surface area contributed by atoms with E-state index >= 15 is 0 Å². The number of benzene rings is 1. The molecule has 0 spiro atoms. The van der Waals surface area contributed by atoms with Gasteiger partial charge >= 0.3 is 6.11 Å². The highest BCUT2D eigenvalue weighted by atomic mass is 19.3. The number of carbonyl (C=O) groups is 2. The second-order valence-electron chi connectivity index (χ2n) is 9.55. The number of halogens is 4. The predicted molar refractivity (Wildman–Crippen MR) is 133 cm³/mol. The minimum atomic E-state index is -3.31. The molecule has 12 nitrogen and oxygen atoms in total. The van der Waals surface area contributed by atoms with Crippen molar-refractivity contribution >= 4 is 17.6 Å². The van der Waals surface area contributed by atoms with Gasteiger partial charge in [0.15, 0.2) is 11.5 Å². The van der Waals surface area contributed by atoms with Crippen LogP contribution < -0.4 is 15.4 Å². The van der Waals surface area contributed by atoms with Gasteiger partial charge in [0.2, 0.25) is 5.91 Å². The Bertz CT molecular complexity index is 1310. The zero-order chi connectivity index (χ0) is 28.8. The van der Waals surface area contributed by atoms with Crippen LogP contribution in [0.25, 0.3) is 0 Å². The van der Waals surface area contributed by atoms with E-state index in [2.05, 4.69) is 36.0 Å². The number of hydrogen-bond donors (Lipinski definition) is 2. The van der Waals surface area contributed by atoms with Crippen LogP contribution in [0.1, 0.15) is 42.2 Å². The molecule has 3 heterocycles. The molecule has 0 saturated carbocycles. The van der Waals surface area contributed by atoms with E-state index in [9.17, 15) is 27.2 Å². The molecule has 2 aromatic heterocycles. The maximum Gasteiger partial charge on any atom is 0.394 e. The highest BCUT2D eigenvalue weighted by molar-refractivity contribution is 5.92. The monoisotopic (exact) mass is 567 g/mol. The van der Waals surface area contributed by atoms with Gasteiger partial charge in [-0.15, -0.1) is 10.2 Å². The molecule has 2 amide bonds. The van der Waals surface area contributed by atoms with Gasteiger partial charge < -0.3 is 15.4 Å². The number of aromatic nitrogens is 6. The van der Waals surface area contributed by atoms with Gasteiger partial charge in [0, 0.05) is 39.5 Å². The van der Waals surface area contributed by atoms with Crippen LogP contribution in [0.4, 0.5) is 23.4 Å². The van der Waals surface area contributed by atoms with Crippen molar-refractivity contribution in [3.8, 4) is 5.75 Å². The van der Waals surface area contributed by atoms with Crippen LogP contribution in [0.5, 0.6) is 5.75 Å². The van der Waals surface area contributed by atoms with Crippen molar-refractivity contribution in [2.75, 3.05) is 25.0 Å². The summed E-state index contributed by atoms with van der Waals surface area (Å²) in [7, 11) is 0. The number of ether oxygens (including phenoxy) is 1. The molecule has 0 bridgehead atoms. The number of carbonyl (C=O) groups excluding carboxylic acids is 2. The number of unbranched alkanes of at least 4 members (excludes halogenated alkanes) is 1. The molecule has 0 aliphatic carbocycles. The maximum absolute atomic E-state index is 13.3. The number of aryl methyl sites for hydroxylation is 2. The topological polar surface area (TPSA) is 132 Å². The van der Waals surface area contributed by atoms with Gasteiger partial charge in [0.25, 0.3) is 11.8 Å². The lowest BCUT2D eigenvalue weighted by atomic mass is 10.2. The van der Waals surface area contributed by atoms with Crippen molar-refractivity contribution in [2.45, 2.75) is 57.9 Å². The molecule has 0 radical (unpaired) electrons. The van der Waals surface area contributed by atoms with Crippen LogP contribution in [-0.2, 0) is 24.4 Å². The first-order valence-electron chi connectivity index (χ1n) is 12.6. The summed E-state index contributed by atoms with van der Waals surface area (Å²) in [6, 6.07) is 6.04. The summed E-state index contributed by atoms with van der Waals surface area (Å²) in [5.74, 6) is -3.42. The summed E-state index contributed by atoms with van der Waals surface area (Å²) in [5.41, 5.74) is 0.691. The number of amides is 2. The molecule has 16 heteroatoms. The van der Waals surface area contributed by atoms with Crippen LogP contribution in [0.3, 0.4) is 0 Å². The highest BCUT2D eigenvalue weighted by Gasteiger charge is 2.38. The summed E-state index contributed by atoms with van der Waals surface area (Å²) in [6.07, 6.45) is 0.878. The SMILES string of the molecule is CC(F)(F)Oc1cccc(CNC(=O)c2cn(CCCCn3cc(NC(=O)CN4CCC(F)(F)C4)nn3)nn2)c1. The van der Waals surface area contributed by atoms with E-state index in [1.165, 1.54) is 27.9 Å². The van der Waals surface area contributed by atoms with Gasteiger partial charge in [0.1, 0.15) is 5.75 Å². The number of anilines is 1. The van der Waals surface area contributed by atoms with E-state index in [4.69, 9.17) is 0 Å². The third kappa shape index (κ3) is 9.00. The lowest BCUT2D eigenvalue weighted by Gasteiger charge is -2.14. The first-order chi connectivity index (χ1) is 18.9. The van der Waals surface area contributed by atoms with Crippen molar-refractivity contribution in [1.29, 1.82) is 0 Å². The number of hydrogen-bond acceptors (Lipinski definition) is 8. The molecule has 0 unspecified atom stereocenters. The van der Waals surface area contributed by atoms with E-state index in [-0.39, 0.29) is 43.3 Å². The lowest BCUT2D eigenvalue weighted by Crippen LogP contribution is -2.33. The van der Waals surface area contributed by atoms with Gasteiger partial charge in [-0.05, 0) is 30.5 Å². The van der Waals surface area contributed by atoms with E-state index in [1.807, 2.05) is 0 Å². The average molecular weight is 568 g/mol. The summed E-state index contributed by atoms with van der Waals surface area (Å²) < 4.78 is 60.2. The second-order valence-corrected chi connectivity index (χ2v) is 9.55. The van der Waals surface area contributed by atoms with Crippen LogP contribution in [0, 0.1) is 0 Å². The molecular formula is C24H29F4N9O3. The number of rotatable bonds is 13. The fourth-order valence-corrected chi connectivity index (χ4v) is 4.05. The normalized spacial score (nSPS) is 15.2. The number of alkyl halides is 4. The first kappa shape index (κ1) is 28.9. The smallest absolute Gasteiger partial charge is 0.394 e. The molecule has 216 valence electrons. The number of likely N-dealkylation sites (tertiary alicyclic amines) is 1. The Kier molecular flexibility index (Phi) is 8.96. The van der Waals surface area contributed by atoms with E-state index < -0.39 is 30.4 Å². The Morgan fingerprint density at radius 2 is 1.82 bits per heavy atom. The second kappa shape index (κ2) is 12.4. The van der Waals surface area contributed by atoms with Crippen LogP contribution in [0.2, 0.25) is 0 Å². The van der Waals surface area contributed by atoms with Gasteiger partial charge in [-0.2, -0.15) is 8.78 Å². The van der Waals surface area contributed by atoms with E-state index in [0.29, 0.717) is 38.4 Å². The molecule has 1 fully saturated rings. The Balaban J connectivity index is 1.14. The zero-order valence-electron chi connectivity index (χ0n) is 21.7. The molecule has 40 heavy (non-hydrogen) atoms. The highest BCUT2D eigenvalue weighted by Crippen LogP contribution is 2.26. The first-order valence-corrected chi connectivity index (χ1v) is 12.6. The minimum absolute atomic E-state index is 0.00993. The molecule has 2 N–H and O–H groups in total. The predicted octanol–water partition coefficient (Wildman–Crippen LogP) is 2.55. The summed E-state index contributed by atoms with van der Waals surface area (Å²) in [4.78, 5) is 25.9. The Labute approximate surface area is 226 Å². The molecule has 0 atom stereocenters. The van der Waals surface area contributed by atoms with Crippen LogP contribution in [-0.4, -0.2) is 78.4 Å². The van der Waals surface area contributed by atoms with E-state index in [0.717, 1.165) is 0 Å². The standard InChI is InChI=1S/C24H29F4N9O3/c1-23(25,26)40-18-6-4-5-17(11-18)12-29-22(39)19-13-36(33-31-19)8-2-3-9-37-14-20(32-34-37)30-21(38)15-35-10-7-24(27,28)16-35/h4-6,11,13-14H,2-3,7-10,12,15-16H2,1H3,(H,29,39)(H,30,38). The van der Waals surface area contributed by atoms with Crippen molar-refractivity contribution in [1.82, 2.24) is 40.2 Å². The molecule has 1 saturated heterocycles. The maximum atomic E-state index is 13.3. The minimum Gasteiger partial charge on any atom is -0.433 e. The van der Waals surface area contributed by atoms with Gasteiger partial charge in [-0.3, -0.25) is 23.9 Å². The fraction of sp³-hybridized carbons (Fsp3) is 0.500. The Morgan fingerprint density at radius 1 is 1.10 bits per heavy atom. The zero-order valence-corrected chi connectivity index (χ0v) is 21.7. The van der Waals surface area contributed by atoms with Gasteiger partial charge in [0.05, 0.1) is 25.5 Å². The van der Waals surface area contributed by atoms with Gasteiger partial charge in [-0.1, -0.05) is 22.6 Å². The van der Waals surface area contributed by atoms with Crippen LogP contribution >= 0.6 is 0 Å². The molecule has 1 aliphatic heterocycles. The third-order valence-corrected chi connectivity index (χ3v) is 5.87. The Morgan fingerprint density at radius 3 is 2.52 bits per heavy atom. The largest absolute Gasteiger partial charge is 0.433 e. The van der Waals surface area contributed by atoms with Crippen molar-refractivity contribution < 1.29 is 31.9 Å². The molecular weight excluding hydrogens is 538 g/mol. The van der Waals surface area contributed by atoms with Gasteiger partial charge in [-0.25, -0.2) is 8.78 Å². The van der Waals surface area contributed by atoms with Crippen molar-refractivity contribution in [2.24, 2.45) is 0 Å². The Hall–Kier alpha value is -4.08.